The molecule has 0 saturated carbocycles. The van der Waals surface area contributed by atoms with Gasteiger partial charge >= 0.3 is 5.97 Å². The van der Waals surface area contributed by atoms with Gasteiger partial charge in [0, 0.05) is 24.3 Å². The summed E-state index contributed by atoms with van der Waals surface area (Å²) in [5, 5.41) is 3.33. The van der Waals surface area contributed by atoms with E-state index in [1.165, 1.54) is 33.0 Å². The van der Waals surface area contributed by atoms with Crippen LogP contribution in [0.15, 0.2) is 6.07 Å². The minimum atomic E-state index is -0.510. The van der Waals surface area contributed by atoms with Crippen molar-refractivity contribution in [3.05, 3.63) is 17.6 Å². The maximum absolute atomic E-state index is 11.5. The fourth-order valence-electron chi connectivity index (χ4n) is 2.48. The third-order valence-electron chi connectivity index (χ3n) is 3.35. The van der Waals surface area contributed by atoms with Gasteiger partial charge in [-0.3, -0.25) is 0 Å². The number of carbonyl (C=O) groups is 1. The maximum Gasteiger partial charge on any atom is 0.376 e. The lowest BCUT2D eigenvalue weighted by Gasteiger charge is -2.21. The summed E-state index contributed by atoms with van der Waals surface area (Å²) >= 11 is 0. The van der Waals surface area contributed by atoms with Crippen molar-refractivity contribution in [2.75, 3.05) is 32.1 Å². The monoisotopic (exact) mass is 278 g/mol. The molecule has 2 rings (SSSR count). The van der Waals surface area contributed by atoms with Crippen LogP contribution in [0.1, 0.15) is 36.1 Å². The molecule has 1 aromatic heterocycles. The molecule has 1 aromatic rings. The molecule has 1 aliphatic heterocycles. The van der Waals surface area contributed by atoms with Gasteiger partial charge in [-0.1, -0.05) is 0 Å². The summed E-state index contributed by atoms with van der Waals surface area (Å²) in [6.45, 7) is 7.28. The van der Waals surface area contributed by atoms with Crippen LogP contribution in [0.5, 0.6) is 0 Å². The van der Waals surface area contributed by atoms with Crippen LogP contribution in [0.4, 0.5) is 5.82 Å². The van der Waals surface area contributed by atoms with Crippen molar-refractivity contribution in [3.63, 3.8) is 0 Å². The van der Waals surface area contributed by atoms with E-state index in [0.29, 0.717) is 5.82 Å². The molecule has 6 heteroatoms. The van der Waals surface area contributed by atoms with Crippen molar-refractivity contribution < 1.29 is 9.53 Å². The molecule has 1 fully saturated rings. The van der Waals surface area contributed by atoms with Gasteiger partial charge in [-0.05, 0) is 39.8 Å². The average Bonchev–Trinajstić information content (AvgIpc) is 2.89. The molecule has 0 spiro atoms. The first-order valence-corrected chi connectivity index (χ1v) is 7.01. The molecule has 1 aliphatic rings. The SMILES string of the molecule is COC(=O)c1nc(C)cc(NC(C)CN2CCCC2)n1. The second-order valence-corrected chi connectivity index (χ2v) is 5.26. The summed E-state index contributed by atoms with van der Waals surface area (Å²) in [5.41, 5.74) is 0.747. The highest BCUT2D eigenvalue weighted by molar-refractivity contribution is 5.85. The van der Waals surface area contributed by atoms with Crippen LogP contribution < -0.4 is 5.32 Å². The minimum Gasteiger partial charge on any atom is -0.463 e. The number of anilines is 1. The van der Waals surface area contributed by atoms with Gasteiger partial charge in [0.05, 0.1) is 7.11 Å². The Morgan fingerprint density at radius 3 is 2.80 bits per heavy atom. The molecule has 2 heterocycles. The second kappa shape index (κ2) is 6.65. The van der Waals surface area contributed by atoms with Crippen molar-refractivity contribution >= 4 is 11.8 Å². The molecule has 0 amide bonds. The van der Waals surface area contributed by atoms with E-state index >= 15 is 0 Å². The molecule has 0 aromatic carbocycles. The lowest BCUT2D eigenvalue weighted by molar-refractivity contribution is 0.0586. The summed E-state index contributed by atoms with van der Waals surface area (Å²) in [6, 6.07) is 2.11. The molecule has 0 aliphatic carbocycles. The van der Waals surface area contributed by atoms with E-state index in [1.54, 1.807) is 0 Å². The number of carbonyl (C=O) groups excluding carboxylic acids is 1. The van der Waals surface area contributed by atoms with E-state index in [4.69, 9.17) is 0 Å². The van der Waals surface area contributed by atoms with Crippen LogP contribution in [0.25, 0.3) is 0 Å². The minimum absolute atomic E-state index is 0.100. The quantitative estimate of drug-likeness (QED) is 0.823. The molecule has 0 bridgehead atoms. The third-order valence-corrected chi connectivity index (χ3v) is 3.35. The van der Waals surface area contributed by atoms with Crippen molar-refractivity contribution in [2.24, 2.45) is 0 Å². The van der Waals surface area contributed by atoms with Crippen molar-refractivity contribution in [1.29, 1.82) is 0 Å². The van der Waals surface area contributed by atoms with Crippen LogP contribution in [-0.2, 0) is 4.74 Å². The molecular formula is C14H22N4O2. The average molecular weight is 278 g/mol. The number of nitrogens with one attached hydrogen (secondary N) is 1. The zero-order chi connectivity index (χ0) is 14.5. The Bertz CT molecular complexity index is 472. The number of nitrogens with zero attached hydrogens (tertiary/aromatic N) is 3. The number of aromatic nitrogens is 2. The van der Waals surface area contributed by atoms with Gasteiger partial charge in [-0.2, -0.15) is 0 Å². The predicted octanol–water partition coefficient (Wildman–Crippen LogP) is 1.47. The Hall–Kier alpha value is -1.69. The smallest absolute Gasteiger partial charge is 0.376 e. The topological polar surface area (TPSA) is 67.3 Å². The van der Waals surface area contributed by atoms with Gasteiger partial charge in [0.2, 0.25) is 5.82 Å². The van der Waals surface area contributed by atoms with Gasteiger partial charge in [0.15, 0.2) is 0 Å². The van der Waals surface area contributed by atoms with Crippen LogP contribution in [0.3, 0.4) is 0 Å². The highest BCUT2D eigenvalue weighted by Gasteiger charge is 2.16. The molecular weight excluding hydrogens is 256 g/mol. The van der Waals surface area contributed by atoms with E-state index in [2.05, 4.69) is 31.8 Å². The number of aryl methyl sites for hydroxylation is 1. The van der Waals surface area contributed by atoms with Crippen LogP contribution in [0, 0.1) is 6.92 Å². The largest absolute Gasteiger partial charge is 0.463 e. The van der Waals surface area contributed by atoms with Crippen LogP contribution in [-0.4, -0.2) is 53.6 Å². The molecule has 1 atom stereocenters. The number of rotatable bonds is 5. The fraction of sp³-hybridized carbons (Fsp3) is 0.643. The Kier molecular flexibility index (Phi) is 4.89. The van der Waals surface area contributed by atoms with Gasteiger partial charge in [-0.15, -0.1) is 0 Å². The Morgan fingerprint density at radius 1 is 1.45 bits per heavy atom. The predicted molar refractivity (Wildman–Crippen MR) is 76.9 cm³/mol. The number of hydrogen-bond donors (Lipinski definition) is 1. The molecule has 0 radical (unpaired) electrons. The Morgan fingerprint density at radius 2 is 2.15 bits per heavy atom. The van der Waals surface area contributed by atoms with E-state index in [0.717, 1.165) is 12.2 Å². The number of hydrogen-bond acceptors (Lipinski definition) is 6. The summed E-state index contributed by atoms with van der Waals surface area (Å²) in [5.74, 6) is 0.261. The van der Waals surface area contributed by atoms with Crippen molar-refractivity contribution in [3.8, 4) is 0 Å². The van der Waals surface area contributed by atoms with Gasteiger partial charge in [0.25, 0.3) is 0 Å². The van der Waals surface area contributed by atoms with E-state index < -0.39 is 5.97 Å². The van der Waals surface area contributed by atoms with Gasteiger partial charge in [0.1, 0.15) is 5.82 Å². The summed E-state index contributed by atoms with van der Waals surface area (Å²) in [4.78, 5) is 22.2. The Balaban J connectivity index is 2.00. The van der Waals surface area contributed by atoms with Crippen LogP contribution in [0.2, 0.25) is 0 Å². The summed E-state index contributed by atoms with van der Waals surface area (Å²) < 4.78 is 4.66. The summed E-state index contributed by atoms with van der Waals surface area (Å²) in [7, 11) is 1.33. The molecule has 20 heavy (non-hydrogen) atoms. The lowest BCUT2D eigenvalue weighted by Crippen LogP contribution is -2.33. The van der Waals surface area contributed by atoms with E-state index in [9.17, 15) is 4.79 Å². The summed E-state index contributed by atoms with van der Waals surface area (Å²) in [6.07, 6.45) is 2.57. The fourth-order valence-corrected chi connectivity index (χ4v) is 2.48. The van der Waals surface area contributed by atoms with Gasteiger partial charge in [-0.25, -0.2) is 14.8 Å². The first-order valence-electron chi connectivity index (χ1n) is 7.01. The number of methoxy groups -OCH3 is 1. The van der Waals surface area contributed by atoms with Crippen molar-refractivity contribution in [2.45, 2.75) is 32.7 Å². The van der Waals surface area contributed by atoms with E-state index in [1.807, 2.05) is 13.0 Å². The highest BCUT2D eigenvalue weighted by atomic mass is 16.5. The zero-order valence-electron chi connectivity index (χ0n) is 12.3. The number of esters is 1. The first kappa shape index (κ1) is 14.7. The molecule has 1 unspecified atom stereocenters. The van der Waals surface area contributed by atoms with Crippen LogP contribution >= 0.6 is 0 Å². The zero-order valence-corrected chi connectivity index (χ0v) is 12.3. The van der Waals surface area contributed by atoms with Gasteiger partial charge < -0.3 is 15.0 Å². The van der Waals surface area contributed by atoms with E-state index in [-0.39, 0.29) is 11.9 Å². The lowest BCUT2D eigenvalue weighted by atomic mass is 10.3. The first-order chi connectivity index (χ1) is 9.58. The second-order valence-electron chi connectivity index (χ2n) is 5.26. The molecule has 1 N–H and O–H groups in total. The number of likely N-dealkylation sites (tertiary alicyclic amines) is 1. The highest BCUT2D eigenvalue weighted by Crippen LogP contribution is 2.12. The molecule has 110 valence electrons. The van der Waals surface area contributed by atoms with Crippen molar-refractivity contribution in [1.82, 2.24) is 14.9 Å². The normalized spacial score (nSPS) is 16.9. The Labute approximate surface area is 119 Å². The standard InChI is InChI=1S/C14H22N4O2/c1-10-8-12(17-13(16-10)14(19)20-3)15-11(2)9-18-6-4-5-7-18/h8,11H,4-7,9H2,1-3H3,(H,15,16,17). The maximum atomic E-state index is 11.5. The molecule has 1 saturated heterocycles. The molecule has 6 nitrogen and oxygen atoms in total. The number of ether oxygens (including phenoxy) is 1. The third kappa shape index (κ3) is 3.90.